The smallest absolute Gasteiger partial charge is 0.306 e. The van der Waals surface area contributed by atoms with Gasteiger partial charge in [0.05, 0.1) is 13.2 Å². The van der Waals surface area contributed by atoms with Crippen molar-refractivity contribution in [3.63, 3.8) is 0 Å². The van der Waals surface area contributed by atoms with E-state index in [0.717, 1.165) is 38.5 Å². The van der Waals surface area contributed by atoms with E-state index in [1.165, 1.54) is 135 Å². The van der Waals surface area contributed by atoms with Crippen LogP contribution in [-0.2, 0) is 14.3 Å². The topological polar surface area (TPSA) is 55.8 Å². The summed E-state index contributed by atoms with van der Waals surface area (Å²) in [7, 11) is 0. The first-order chi connectivity index (χ1) is 22.2. The number of carbonyl (C=O) groups is 1. The third-order valence-corrected chi connectivity index (χ3v) is 8.48. The van der Waals surface area contributed by atoms with E-state index >= 15 is 0 Å². The van der Waals surface area contributed by atoms with Crippen LogP contribution in [0.5, 0.6) is 0 Å². The van der Waals surface area contributed by atoms with Gasteiger partial charge in [0.25, 0.3) is 0 Å². The lowest BCUT2D eigenvalue weighted by Crippen LogP contribution is -2.27. The second-order valence-electron chi connectivity index (χ2n) is 13.0. The summed E-state index contributed by atoms with van der Waals surface area (Å²) in [6.07, 6.45) is 47.6. The fourth-order valence-corrected chi connectivity index (χ4v) is 5.58. The first kappa shape index (κ1) is 43.6. The predicted octanol–water partition coefficient (Wildman–Crippen LogP) is 12.5. The molecule has 0 radical (unpaired) electrons. The average molecular weight is 633 g/mol. The van der Waals surface area contributed by atoms with Crippen molar-refractivity contribution in [1.29, 1.82) is 0 Å². The third-order valence-electron chi connectivity index (χ3n) is 8.48. The van der Waals surface area contributed by atoms with Crippen LogP contribution >= 0.6 is 0 Å². The van der Waals surface area contributed by atoms with E-state index in [4.69, 9.17) is 9.47 Å². The molecule has 0 fully saturated rings. The monoisotopic (exact) mass is 633 g/mol. The molecule has 0 bridgehead atoms. The van der Waals surface area contributed by atoms with Gasteiger partial charge in [-0.25, -0.2) is 0 Å². The van der Waals surface area contributed by atoms with Gasteiger partial charge in [0.2, 0.25) is 0 Å². The lowest BCUT2D eigenvalue weighted by atomic mass is 10.0. The Morgan fingerprint density at radius 3 is 1.51 bits per heavy atom. The van der Waals surface area contributed by atoms with Gasteiger partial charge >= 0.3 is 5.97 Å². The van der Waals surface area contributed by atoms with Crippen LogP contribution in [0.25, 0.3) is 0 Å². The van der Waals surface area contributed by atoms with E-state index < -0.39 is 6.10 Å². The van der Waals surface area contributed by atoms with E-state index in [1.54, 1.807) is 0 Å². The molecule has 0 saturated carbocycles. The van der Waals surface area contributed by atoms with Crippen LogP contribution in [0.15, 0.2) is 36.5 Å². The van der Waals surface area contributed by atoms with Crippen molar-refractivity contribution in [3.05, 3.63) is 36.5 Å². The molecule has 1 N–H and O–H groups in total. The average Bonchev–Trinajstić information content (AvgIpc) is 3.05. The maximum absolute atomic E-state index is 12.2. The molecule has 0 aliphatic heterocycles. The Kier molecular flexibility index (Phi) is 37.6. The minimum Gasteiger partial charge on any atom is -0.457 e. The summed E-state index contributed by atoms with van der Waals surface area (Å²) in [6, 6.07) is 0. The molecule has 4 heteroatoms. The van der Waals surface area contributed by atoms with Crippen molar-refractivity contribution in [1.82, 2.24) is 0 Å². The Labute approximate surface area is 280 Å². The van der Waals surface area contributed by atoms with E-state index in [0.29, 0.717) is 19.6 Å². The SMILES string of the molecule is CC/C=C\C/C=C\C/C=C\CCCCCCCCCC(=O)OC(CO)COCCCCCCCCCCCCCCCCCC. The van der Waals surface area contributed by atoms with Gasteiger partial charge in [0.1, 0.15) is 6.10 Å². The Balaban J connectivity index is 3.43. The number of unbranched alkanes of at least 4 members (excludes halogenated alkanes) is 22. The lowest BCUT2D eigenvalue weighted by Gasteiger charge is -2.16. The summed E-state index contributed by atoms with van der Waals surface area (Å²) >= 11 is 0. The van der Waals surface area contributed by atoms with E-state index in [1.807, 2.05) is 0 Å². The van der Waals surface area contributed by atoms with Gasteiger partial charge in [0.15, 0.2) is 0 Å². The molecule has 264 valence electrons. The molecule has 0 aliphatic rings. The Bertz CT molecular complexity index is 668. The van der Waals surface area contributed by atoms with Gasteiger partial charge in [-0.1, -0.05) is 179 Å². The second kappa shape index (κ2) is 38.8. The van der Waals surface area contributed by atoms with Crippen LogP contribution in [0.3, 0.4) is 0 Å². The van der Waals surface area contributed by atoms with Crippen molar-refractivity contribution < 1.29 is 19.4 Å². The van der Waals surface area contributed by atoms with Crippen LogP contribution in [0.2, 0.25) is 0 Å². The predicted molar refractivity (Wildman–Crippen MR) is 196 cm³/mol. The van der Waals surface area contributed by atoms with Crippen molar-refractivity contribution in [3.8, 4) is 0 Å². The maximum Gasteiger partial charge on any atom is 0.306 e. The van der Waals surface area contributed by atoms with Gasteiger partial charge in [-0.15, -0.1) is 0 Å². The molecule has 4 nitrogen and oxygen atoms in total. The molecule has 1 atom stereocenters. The van der Waals surface area contributed by atoms with Crippen LogP contribution < -0.4 is 0 Å². The minimum atomic E-state index is -0.536. The largest absolute Gasteiger partial charge is 0.457 e. The van der Waals surface area contributed by atoms with E-state index in [2.05, 4.69) is 50.3 Å². The number of ether oxygens (including phenoxy) is 2. The maximum atomic E-state index is 12.2. The lowest BCUT2D eigenvalue weighted by molar-refractivity contribution is -0.154. The minimum absolute atomic E-state index is 0.173. The van der Waals surface area contributed by atoms with Gasteiger partial charge in [0, 0.05) is 13.0 Å². The molecule has 0 heterocycles. The normalized spacial score (nSPS) is 12.7. The molecule has 0 rings (SSSR count). The zero-order valence-corrected chi connectivity index (χ0v) is 30.1. The number of aliphatic hydroxyl groups excluding tert-OH is 1. The number of rotatable bonds is 36. The fourth-order valence-electron chi connectivity index (χ4n) is 5.58. The Morgan fingerprint density at radius 1 is 0.556 bits per heavy atom. The molecule has 0 aromatic carbocycles. The van der Waals surface area contributed by atoms with Crippen molar-refractivity contribution in [2.45, 2.75) is 200 Å². The van der Waals surface area contributed by atoms with Crippen LogP contribution in [0.1, 0.15) is 194 Å². The number of carbonyl (C=O) groups excluding carboxylic acids is 1. The quantitative estimate of drug-likeness (QED) is 0.0424. The fraction of sp³-hybridized carbons (Fsp3) is 0.829. The highest BCUT2D eigenvalue weighted by Gasteiger charge is 2.13. The highest BCUT2D eigenvalue weighted by molar-refractivity contribution is 5.69. The molecular weight excluding hydrogens is 556 g/mol. The molecular formula is C41H76O4. The molecule has 0 aromatic heterocycles. The number of hydrogen-bond donors (Lipinski definition) is 1. The summed E-state index contributed by atoms with van der Waals surface area (Å²) in [5, 5.41) is 9.57. The summed E-state index contributed by atoms with van der Waals surface area (Å²) in [5.41, 5.74) is 0. The van der Waals surface area contributed by atoms with Gasteiger partial charge in [-0.2, -0.15) is 0 Å². The molecule has 0 aromatic rings. The van der Waals surface area contributed by atoms with Gasteiger partial charge in [-0.3, -0.25) is 4.79 Å². The zero-order chi connectivity index (χ0) is 32.7. The molecule has 0 spiro atoms. The first-order valence-corrected chi connectivity index (χ1v) is 19.6. The van der Waals surface area contributed by atoms with Crippen LogP contribution in [-0.4, -0.2) is 37.0 Å². The van der Waals surface area contributed by atoms with Crippen molar-refractivity contribution >= 4 is 5.97 Å². The molecule has 45 heavy (non-hydrogen) atoms. The third kappa shape index (κ3) is 36.9. The Hall–Kier alpha value is -1.39. The summed E-state index contributed by atoms with van der Waals surface area (Å²) in [4.78, 5) is 12.2. The Morgan fingerprint density at radius 2 is 1.00 bits per heavy atom. The van der Waals surface area contributed by atoms with Crippen molar-refractivity contribution in [2.24, 2.45) is 0 Å². The molecule has 0 aliphatic carbocycles. The zero-order valence-electron chi connectivity index (χ0n) is 30.1. The summed E-state index contributed by atoms with van der Waals surface area (Å²) < 4.78 is 11.1. The molecule has 0 amide bonds. The summed E-state index contributed by atoms with van der Waals surface area (Å²) in [6.45, 7) is 5.25. The van der Waals surface area contributed by atoms with E-state index in [-0.39, 0.29) is 12.6 Å². The number of esters is 1. The van der Waals surface area contributed by atoms with Crippen LogP contribution in [0.4, 0.5) is 0 Å². The van der Waals surface area contributed by atoms with Gasteiger partial charge in [-0.05, 0) is 44.9 Å². The standard InChI is InChI=1S/C41H76O4/c1-3-5-7-9-11-13-15-17-19-21-22-24-26-28-30-32-34-36-41(43)45-40(38-42)39-44-37-35-33-31-29-27-25-23-20-18-16-14-12-10-8-6-4-2/h5,7,11,13,17,19,40,42H,3-4,6,8-10,12,14-16,18,20-39H2,1-2H3/b7-5-,13-11-,19-17-. The molecule has 1 unspecified atom stereocenters. The molecule has 0 saturated heterocycles. The van der Waals surface area contributed by atoms with Crippen molar-refractivity contribution in [2.75, 3.05) is 19.8 Å². The highest BCUT2D eigenvalue weighted by atomic mass is 16.6. The highest BCUT2D eigenvalue weighted by Crippen LogP contribution is 2.14. The number of allylic oxidation sites excluding steroid dienone is 6. The summed E-state index contributed by atoms with van der Waals surface area (Å²) in [5.74, 6) is -0.209. The van der Waals surface area contributed by atoms with Crippen LogP contribution in [0, 0.1) is 0 Å². The van der Waals surface area contributed by atoms with E-state index in [9.17, 15) is 9.90 Å². The number of aliphatic hydroxyl groups is 1. The number of hydrogen-bond acceptors (Lipinski definition) is 4. The van der Waals surface area contributed by atoms with Gasteiger partial charge < -0.3 is 14.6 Å². The second-order valence-corrected chi connectivity index (χ2v) is 13.0. The first-order valence-electron chi connectivity index (χ1n) is 19.6.